The largest absolute Gasteiger partial charge is 0.334 e. The molecule has 1 saturated carbocycles. The number of amides is 2. The lowest BCUT2D eigenvalue weighted by Gasteiger charge is -2.32. The van der Waals surface area contributed by atoms with Crippen molar-refractivity contribution < 1.29 is 4.79 Å². The molecule has 2 amide bonds. The zero-order valence-corrected chi connectivity index (χ0v) is 13.0. The third kappa shape index (κ3) is 3.98. The highest BCUT2D eigenvalue weighted by Gasteiger charge is 2.36. The molecule has 2 rings (SSSR count). The van der Waals surface area contributed by atoms with E-state index < -0.39 is 0 Å². The molecule has 1 aliphatic rings. The third-order valence-corrected chi connectivity index (χ3v) is 4.08. The van der Waals surface area contributed by atoms with Gasteiger partial charge < -0.3 is 10.2 Å². The molecule has 0 unspecified atom stereocenters. The van der Waals surface area contributed by atoms with Gasteiger partial charge in [-0.3, -0.25) is 0 Å². The molecular formula is C17H23N3O. The summed E-state index contributed by atoms with van der Waals surface area (Å²) in [6.45, 7) is 6.86. The molecule has 1 aliphatic carbocycles. The van der Waals surface area contributed by atoms with Gasteiger partial charge in [-0.15, -0.1) is 0 Å². The van der Waals surface area contributed by atoms with Crippen molar-refractivity contribution in [1.82, 2.24) is 10.2 Å². The summed E-state index contributed by atoms with van der Waals surface area (Å²) in [5.74, 6) is 0.443. The van der Waals surface area contributed by atoms with Crippen LogP contribution in [-0.2, 0) is 6.54 Å². The van der Waals surface area contributed by atoms with Gasteiger partial charge in [0.05, 0.1) is 11.6 Å². The maximum atomic E-state index is 12.4. The number of nitrogens with zero attached hydrogens (tertiary/aromatic N) is 2. The predicted molar refractivity (Wildman–Crippen MR) is 82.6 cm³/mol. The molecule has 1 aromatic rings. The van der Waals surface area contributed by atoms with Crippen LogP contribution in [-0.4, -0.2) is 23.0 Å². The molecule has 0 saturated heterocycles. The van der Waals surface area contributed by atoms with Gasteiger partial charge in [0.15, 0.2) is 0 Å². The van der Waals surface area contributed by atoms with Crippen molar-refractivity contribution in [1.29, 1.82) is 5.26 Å². The highest BCUT2D eigenvalue weighted by molar-refractivity contribution is 5.75. The van der Waals surface area contributed by atoms with Crippen LogP contribution >= 0.6 is 0 Å². The van der Waals surface area contributed by atoms with Crippen molar-refractivity contribution in [3.8, 4) is 6.07 Å². The molecule has 4 nitrogen and oxygen atoms in total. The minimum atomic E-state index is 0.000982. The number of urea groups is 1. The Hall–Kier alpha value is -2.02. The minimum absolute atomic E-state index is 0.000982. The van der Waals surface area contributed by atoms with Gasteiger partial charge in [0.1, 0.15) is 0 Å². The number of hydrogen-bond acceptors (Lipinski definition) is 2. The average Bonchev–Trinajstić information content (AvgIpc) is 3.30. The SMILES string of the molecule is CC(C)[C@H](C)N(C(=O)NCc1cccc(C#N)c1)C1CC1. The summed E-state index contributed by atoms with van der Waals surface area (Å²) in [6.07, 6.45) is 2.21. The van der Waals surface area contributed by atoms with E-state index in [9.17, 15) is 4.79 Å². The van der Waals surface area contributed by atoms with Gasteiger partial charge in [-0.1, -0.05) is 26.0 Å². The summed E-state index contributed by atoms with van der Waals surface area (Å²) >= 11 is 0. The van der Waals surface area contributed by atoms with E-state index in [-0.39, 0.29) is 12.1 Å². The molecule has 112 valence electrons. The Bertz CT molecular complexity index is 543. The van der Waals surface area contributed by atoms with Crippen LogP contribution < -0.4 is 5.32 Å². The van der Waals surface area contributed by atoms with E-state index in [0.29, 0.717) is 24.1 Å². The molecule has 1 N–H and O–H groups in total. The van der Waals surface area contributed by atoms with Crippen molar-refractivity contribution in [3.05, 3.63) is 35.4 Å². The number of nitriles is 1. The zero-order chi connectivity index (χ0) is 15.4. The van der Waals surface area contributed by atoms with E-state index in [0.717, 1.165) is 18.4 Å². The first kappa shape index (κ1) is 15.4. The monoisotopic (exact) mass is 285 g/mol. The Morgan fingerprint density at radius 2 is 2.14 bits per heavy atom. The summed E-state index contributed by atoms with van der Waals surface area (Å²) in [4.78, 5) is 14.4. The van der Waals surface area contributed by atoms with Crippen molar-refractivity contribution in [2.24, 2.45) is 5.92 Å². The lowest BCUT2D eigenvalue weighted by atomic mass is 10.0. The maximum absolute atomic E-state index is 12.4. The van der Waals surface area contributed by atoms with Crippen LogP contribution in [0.2, 0.25) is 0 Å². The Labute approximate surface area is 126 Å². The molecule has 0 spiro atoms. The van der Waals surface area contributed by atoms with Crippen molar-refractivity contribution in [3.63, 3.8) is 0 Å². The second kappa shape index (κ2) is 6.62. The molecule has 1 fully saturated rings. The number of hydrogen-bond donors (Lipinski definition) is 1. The summed E-state index contributed by atoms with van der Waals surface area (Å²) in [5.41, 5.74) is 1.58. The smallest absolute Gasteiger partial charge is 0.318 e. The van der Waals surface area contributed by atoms with Crippen LogP contribution in [0.4, 0.5) is 4.79 Å². The van der Waals surface area contributed by atoms with Gasteiger partial charge in [-0.05, 0) is 43.4 Å². The fourth-order valence-electron chi connectivity index (χ4n) is 2.38. The molecule has 0 bridgehead atoms. The van der Waals surface area contributed by atoms with Gasteiger partial charge >= 0.3 is 6.03 Å². The predicted octanol–water partition coefficient (Wildman–Crippen LogP) is 3.28. The highest BCUT2D eigenvalue weighted by Crippen LogP contribution is 2.30. The Balaban J connectivity index is 1.97. The lowest BCUT2D eigenvalue weighted by molar-refractivity contribution is 0.156. The normalized spacial score (nSPS) is 15.4. The number of benzene rings is 1. The molecule has 0 aromatic heterocycles. The Kier molecular flexibility index (Phi) is 4.85. The Morgan fingerprint density at radius 3 is 2.71 bits per heavy atom. The van der Waals surface area contributed by atoms with Crippen molar-refractivity contribution in [2.75, 3.05) is 0 Å². The zero-order valence-electron chi connectivity index (χ0n) is 13.0. The lowest BCUT2D eigenvalue weighted by Crippen LogP contribution is -2.48. The quantitative estimate of drug-likeness (QED) is 0.902. The first-order valence-electron chi connectivity index (χ1n) is 7.58. The van der Waals surface area contributed by atoms with Crippen LogP contribution in [0.1, 0.15) is 44.7 Å². The molecule has 0 radical (unpaired) electrons. The summed E-state index contributed by atoms with van der Waals surface area (Å²) in [5, 5.41) is 11.9. The third-order valence-electron chi connectivity index (χ3n) is 4.08. The first-order valence-corrected chi connectivity index (χ1v) is 7.58. The van der Waals surface area contributed by atoms with Crippen LogP contribution in [0.15, 0.2) is 24.3 Å². The van der Waals surface area contributed by atoms with Crippen LogP contribution in [0.5, 0.6) is 0 Å². The van der Waals surface area contributed by atoms with Crippen LogP contribution in [0.25, 0.3) is 0 Å². The van der Waals surface area contributed by atoms with Crippen molar-refractivity contribution >= 4 is 6.03 Å². The minimum Gasteiger partial charge on any atom is -0.334 e. The number of carbonyl (C=O) groups excluding carboxylic acids is 1. The molecule has 4 heteroatoms. The molecule has 21 heavy (non-hydrogen) atoms. The van der Waals surface area contributed by atoms with E-state index in [2.05, 4.69) is 32.2 Å². The molecule has 1 aromatic carbocycles. The summed E-state index contributed by atoms with van der Waals surface area (Å²) < 4.78 is 0. The van der Waals surface area contributed by atoms with E-state index in [1.54, 1.807) is 6.07 Å². The van der Waals surface area contributed by atoms with Gasteiger partial charge in [-0.2, -0.15) is 5.26 Å². The fourth-order valence-corrected chi connectivity index (χ4v) is 2.38. The van der Waals surface area contributed by atoms with Crippen LogP contribution in [0.3, 0.4) is 0 Å². The Morgan fingerprint density at radius 1 is 1.43 bits per heavy atom. The van der Waals surface area contributed by atoms with E-state index >= 15 is 0 Å². The molecule has 1 atom stereocenters. The number of rotatable bonds is 5. The van der Waals surface area contributed by atoms with Gasteiger partial charge in [0.25, 0.3) is 0 Å². The summed E-state index contributed by atoms with van der Waals surface area (Å²) in [6, 6.07) is 10.1. The maximum Gasteiger partial charge on any atom is 0.318 e. The van der Waals surface area contributed by atoms with E-state index in [1.807, 2.05) is 23.1 Å². The van der Waals surface area contributed by atoms with Crippen LogP contribution in [0, 0.1) is 17.2 Å². The standard InChI is InChI=1S/C17H23N3O/c1-12(2)13(3)20(16-7-8-16)17(21)19-11-15-6-4-5-14(9-15)10-18/h4-6,9,12-13,16H,7-8,11H2,1-3H3,(H,19,21)/t13-/m0/s1. The van der Waals surface area contributed by atoms with Gasteiger partial charge in [0.2, 0.25) is 0 Å². The second-order valence-corrected chi connectivity index (χ2v) is 6.09. The molecule has 0 aliphatic heterocycles. The van der Waals surface area contributed by atoms with Gasteiger partial charge in [0, 0.05) is 18.6 Å². The number of carbonyl (C=O) groups is 1. The average molecular weight is 285 g/mol. The number of nitrogens with one attached hydrogen (secondary N) is 1. The van der Waals surface area contributed by atoms with E-state index in [1.165, 1.54) is 0 Å². The van der Waals surface area contributed by atoms with E-state index in [4.69, 9.17) is 5.26 Å². The summed E-state index contributed by atoms with van der Waals surface area (Å²) in [7, 11) is 0. The first-order chi connectivity index (χ1) is 10.0. The second-order valence-electron chi connectivity index (χ2n) is 6.09. The molecular weight excluding hydrogens is 262 g/mol. The molecule has 0 heterocycles. The van der Waals surface area contributed by atoms with Crippen molar-refractivity contribution in [2.45, 2.75) is 52.2 Å². The fraction of sp³-hybridized carbons (Fsp3) is 0.529. The highest BCUT2D eigenvalue weighted by atomic mass is 16.2. The van der Waals surface area contributed by atoms with Gasteiger partial charge in [-0.25, -0.2) is 4.79 Å². The topological polar surface area (TPSA) is 56.1 Å².